The molecule has 0 spiro atoms. The Bertz CT molecular complexity index is 5320. The van der Waals surface area contributed by atoms with E-state index < -0.39 is 132 Å². The summed E-state index contributed by atoms with van der Waals surface area (Å²) in [5, 5.41) is 37.9. The number of hydrogen-bond acceptors (Lipinski definition) is 17. The lowest BCUT2D eigenvalue weighted by atomic mass is 9.83. The van der Waals surface area contributed by atoms with E-state index in [-0.39, 0.29) is 85.2 Å². The minimum absolute atomic E-state index is 0.0415. The zero-order valence-electron chi connectivity index (χ0n) is 86.6. The number of hydrogen-bond donors (Lipinski definition) is 12. The van der Waals surface area contributed by atoms with Gasteiger partial charge in [-0.25, -0.2) is 9.59 Å². The number of likely N-dealkylation sites (tertiary alicyclic amines) is 3. The van der Waals surface area contributed by atoms with Gasteiger partial charge >= 0.3 is 12.1 Å². The Morgan fingerprint density at radius 1 is 0.372 bits per heavy atom. The van der Waals surface area contributed by atoms with E-state index in [9.17, 15) is 67.4 Å². The number of benzene rings is 8. The maximum Gasteiger partial charge on any atom is 0.410 e. The van der Waals surface area contributed by atoms with Gasteiger partial charge in [0.25, 0.3) is 0 Å². The summed E-state index contributed by atoms with van der Waals surface area (Å²) >= 11 is 0. The van der Waals surface area contributed by atoms with Crippen LogP contribution in [-0.2, 0) is 62.3 Å². The third-order valence-electron chi connectivity index (χ3n) is 31.1. The van der Waals surface area contributed by atoms with Crippen molar-refractivity contribution in [3.8, 4) is 11.1 Å². The van der Waals surface area contributed by atoms with E-state index in [1.54, 1.807) is 30.7 Å². The first kappa shape index (κ1) is 112. The Morgan fingerprint density at radius 2 is 0.676 bits per heavy atom. The lowest BCUT2D eigenvalue weighted by Gasteiger charge is -2.36. The van der Waals surface area contributed by atoms with Crippen LogP contribution in [-0.4, -0.2) is 235 Å². The standard InChI is InChI=1S/C68H91N9O8.C47H52N4O7.C3H10N2/c1-5-45(2)61(78)72-57(51-35-20-10-21-36-51)67(84)76-43-24-39-53(76)63(80)74-59(55(47-27-12-6-13-28-47)48-29-14-7-15-30-48)65(82)70-41-26-42-71-66(83)60(56(49-31-16-8-17-32-49)50-33-18-9-19-34-50)75-64(81)54-40-25-44-77(54)68(85)58(52-37-22-11-23-38-52)73-62(79)46(3)69-4;1-30(50(2)47(57)58-29-38-36-25-14-12-23-34(36)35-24-13-15-26-37(35)38)43(52)48-41(33-21-10-5-11-22-33)45(54)51-28-16-27-39(51)44(53)49-42(46(55)56)40(31-17-6-3-7-18-31)32-19-8-4-9-20-32;4-2-1-3-5/h6-9,12-19,27-34,45-46,51-60,69H,5,10-11,20-26,35-44H2,1-4H3,(H,70,82)(H,71,83)(H,72,78)(H,73,79)(H,74,80)(H,75,81);3-4,6-9,12-15,17-20,23-26,30,33,38-42H,5,10-11,16,21-22,27-29H2,1-2H3,(H,48,52)(H,49,53)(H,55,56);1-5H2/t45-,46-,53+,54+,57+,58+,59+,60+;30-,39-,41-,42?;/m10./s1. The normalized spacial score (nSPS) is 18.6. The highest BCUT2D eigenvalue weighted by Crippen LogP contribution is 2.46. The maximum atomic E-state index is 14.9. The summed E-state index contributed by atoms with van der Waals surface area (Å²) in [5.41, 5.74) is 19.2. The van der Waals surface area contributed by atoms with E-state index in [4.69, 9.17) is 16.2 Å². The number of carboxylic acids is 1. The molecule has 4 aliphatic carbocycles. The molecule has 0 aromatic heterocycles. The van der Waals surface area contributed by atoms with Gasteiger partial charge in [-0.3, -0.25) is 57.6 Å². The van der Waals surface area contributed by atoms with Crippen LogP contribution in [0.3, 0.4) is 0 Å². The second-order valence-electron chi connectivity index (χ2n) is 40.7. The first-order valence-corrected chi connectivity index (χ1v) is 53.8. The van der Waals surface area contributed by atoms with E-state index in [0.29, 0.717) is 64.6 Å². The quantitative estimate of drug-likeness (QED) is 0.0158. The predicted molar refractivity (Wildman–Crippen MR) is 571 cm³/mol. The number of amides is 12. The fourth-order valence-electron chi connectivity index (χ4n) is 22.4. The number of nitrogens with two attached hydrogens (primary N) is 2. The monoisotopic (exact) mass is 2020 g/mol. The molecule has 148 heavy (non-hydrogen) atoms. The molecule has 790 valence electrons. The SMILES string of the molecule is CC[C@@H](C)C(=O)N[C@H](C(=O)N1CCC[C@H]1C(=O)N[C@H](C(=O)NCCCNC(=O)[C@@H](NC(=O)[C@@H]1CCCN1C(=O)[C@@H](NC(=O)[C@@H](C)NC)C1CCCCC1)C(c1ccccc1)c1ccccc1)C(c1ccccc1)c1ccccc1)C1CCCCC1.C[C@@H](C(=O)N[C@H](C(=O)N1CCC[C@H]1C(=O)NC(C(=O)O)C(c1ccccc1)c1ccccc1)C1CCCCC1)N(C)C(=O)OCC1c2ccccc2-c2ccccc21.NCCCN. The lowest BCUT2D eigenvalue weighted by molar-refractivity contribution is -0.146. The average molecular weight is 2020 g/mol. The van der Waals surface area contributed by atoms with E-state index in [1.807, 2.05) is 232 Å². The number of aliphatic carboxylic acids is 1. The molecule has 3 aliphatic heterocycles. The number of fused-ring (bicyclic) bond motifs is 3. The second kappa shape index (κ2) is 56.1. The molecule has 3 saturated carbocycles. The zero-order valence-corrected chi connectivity index (χ0v) is 86.6. The molecule has 6 fully saturated rings. The van der Waals surface area contributed by atoms with Crippen LogP contribution in [0.15, 0.2) is 231 Å². The third-order valence-corrected chi connectivity index (χ3v) is 31.1. The molecule has 30 heteroatoms. The number of carbonyl (C=O) groups is 13. The summed E-state index contributed by atoms with van der Waals surface area (Å²) in [6, 6.07) is 62.5. The minimum Gasteiger partial charge on any atom is -0.480 e. The van der Waals surface area contributed by atoms with Crippen LogP contribution < -0.4 is 59.3 Å². The van der Waals surface area contributed by atoms with Crippen molar-refractivity contribution in [2.24, 2.45) is 35.1 Å². The number of carbonyl (C=O) groups excluding carboxylic acids is 12. The highest BCUT2D eigenvalue weighted by atomic mass is 16.6. The molecule has 1 unspecified atom stereocenters. The van der Waals surface area contributed by atoms with Gasteiger partial charge in [-0.15, -0.1) is 0 Å². The lowest BCUT2D eigenvalue weighted by Crippen LogP contribution is -2.59. The van der Waals surface area contributed by atoms with Crippen LogP contribution in [0.4, 0.5) is 4.79 Å². The Kier molecular flexibility index (Phi) is 42.3. The first-order valence-electron chi connectivity index (χ1n) is 53.8. The van der Waals surface area contributed by atoms with E-state index in [2.05, 4.69) is 60.0 Å². The van der Waals surface area contributed by atoms with Crippen LogP contribution >= 0.6 is 0 Å². The molecule has 8 aromatic carbocycles. The molecule has 12 amide bonds. The number of nitrogens with zero attached hydrogens (tertiary/aromatic N) is 4. The summed E-state index contributed by atoms with van der Waals surface area (Å²) in [5.74, 6) is -8.08. The smallest absolute Gasteiger partial charge is 0.410 e. The molecule has 30 nitrogen and oxygen atoms in total. The predicted octanol–water partition coefficient (Wildman–Crippen LogP) is 13.0. The summed E-state index contributed by atoms with van der Waals surface area (Å²) < 4.78 is 5.83. The number of carboxylic acid groups (broad SMARTS) is 1. The molecule has 14 N–H and O–H groups in total. The van der Waals surface area contributed by atoms with Crippen molar-refractivity contribution in [2.45, 2.75) is 272 Å². The summed E-state index contributed by atoms with van der Waals surface area (Å²) in [6.07, 6.45) is 17.6. The van der Waals surface area contributed by atoms with Crippen LogP contribution in [0, 0.1) is 23.7 Å². The molecule has 3 saturated heterocycles. The van der Waals surface area contributed by atoms with Gasteiger partial charge in [0, 0.05) is 69.4 Å². The van der Waals surface area contributed by atoms with Crippen LogP contribution in [0.1, 0.15) is 250 Å². The Morgan fingerprint density at radius 3 is 0.986 bits per heavy atom. The van der Waals surface area contributed by atoms with Gasteiger partial charge in [0.2, 0.25) is 65.0 Å². The van der Waals surface area contributed by atoms with Gasteiger partial charge in [0.1, 0.15) is 67.0 Å². The van der Waals surface area contributed by atoms with Gasteiger partial charge < -0.3 is 83.9 Å². The van der Waals surface area contributed by atoms with Gasteiger partial charge in [-0.1, -0.05) is 302 Å². The molecule has 7 aliphatic rings. The number of ether oxygens (including phenoxy) is 1. The van der Waals surface area contributed by atoms with Crippen molar-refractivity contribution in [3.63, 3.8) is 0 Å². The van der Waals surface area contributed by atoms with E-state index in [1.165, 1.54) is 16.8 Å². The fraction of sp³-hybridized carbons (Fsp3) is 0.483. The van der Waals surface area contributed by atoms with Crippen molar-refractivity contribution >= 4 is 77.0 Å². The summed E-state index contributed by atoms with van der Waals surface area (Å²) in [6.45, 7) is 9.89. The van der Waals surface area contributed by atoms with Gasteiger partial charge in [0.15, 0.2) is 0 Å². The largest absolute Gasteiger partial charge is 0.480 e. The maximum absolute atomic E-state index is 14.9. The van der Waals surface area contributed by atoms with Crippen molar-refractivity contribution in [2.75, 3.05) is 66.5 Å². The molecule has 0 radical (unpaired) electrons. The van der Waals surface area contributed by atoms with Crippen molar-refractivity contribution < 1.29 is 72.2 Å². The topological polar surface area (TPSA) is 425 Å². The highest BCUT2D eigenvalue weighted by molar-refractivity contribution is 5.99. The zero-order chi connectivity index (χ0) is 105. The van der Waals surface area contributed by atoms with Crippen LogP contribution in [0.5, 0.6) is 0 Å². The van der Waals surface area contributed by atoms with E-state index >= 15 is 0 Å². The van der Waals surface area contributed by atoms with Gasteiger partial charge in [-0.2, -0.15) is 0 Å². The summed E-state index contributed by atoms with van der Waals surface area (Å²) in [4.78, 5) is 191. The van der Waals surface area contributed by atoms with E-state index in [0.717, 1.165) is 171 Å². The Balaban J connectivity index is 0.000000251. The molecule has 3 heterocycles. The van der Waals surface area contributed by atoms with Crippen LogP contribution in [0.25, 0.3) is 11.1 Å². The van der Waals surface area contributed by atoms with Gasteiger partial charge in [0.05, 0.1) is 6.04 Å². The van der Waals surface area contributed by atoms with Gasteiger partial charge in [-0.05, 0) is 204 Å². The average Bonchev–Trinajstić information content (AvgIpc) is 1.60. The number of rotatable bonds is 41. The molecule has 8 aromatic rings. The third kappa shape index (κ3) is 28.9. The molecule has 15 rings (SSSR count). The minimum atomic E-state index is -1.31. The second-order valence-corrected chi connectivity index (χ2v) is 40.7. The highest BCUT2D eigenvalue weighted by Gasteiger charge is 2.49. The van der Waals surface area contributed by atoms with Crippen LogP contribution in [0.2, 0.25) is 0 Å². The molecular formula is C118H153N15O15. The first-order chi connectivity index (χ1) is 71.8. The molecular weight excluding hydrogens is 1870 g/mol. The fourth-order valence-corrected chi connectivity index (χ4v) is 22.4. The number of nitrogens with one attached hydrogen (secondary N) is 9. The molecule has 12 atom stereocenters. The summed E-state index contributed by atoms with van der Waals surface area (Å²) in [7, 11) is 3.21. The number of likely N-dealkylation sites (N-methyl/N-ethyl adjacent to an activating group) is 2. The van der Waals surface area contributed by atoms with Crippen molar-refractivity contribution in [1.29, 1.82) is 0 Å². The Labute approximate surface area is 871 Å². The molecule has 0 bridgehead atoms. The van der Waals surface area contributed by atoms with Crippen molar-refractivity contribution in [1.82, 2.24) is 67.5 Å². The Hall–Kier alpha value is -13.5. The van der Waals surface area contributed by atoms with Crippen molar-refractivity contribution in [3.05, 3.63) is 275 Å².